The van der Waals surface area contributed by atoms with Crippen LogP contribution >= 0.6 is 0 Å². The Morgan fingerprint density at radius 1 is 0.594 bits per heavy atom. The van der Waals surface area contributed by atoms with Crippen molar-refractivity contribution in [2.45, 2.75) is 39.0 Å². The molecule has 0 radical (unpaired) electrons. The molecule has 0 aromatic heterocycles. The van der Waals surface area contributed by atoms with Gasteiger partial charge < -0.3 is 0 Å². The summed E-state index contributed by atoms with van der Waals surface area (Å²) in [5.41, 5.74) is 9.25. The van der Waals surface area contributed by atoms with Crippen molar-refractivity contribution >= 4 is 0 Å². The van der Waals surface area contributed by atoms with Crippen molar-refractivity contribution in [3.05, 3.63) is 132 Å². The van der Waals surface area contributed by atoms with Gasteiger partial charge in [-0.3, -0.25) is 0 Å². The van der Waals surface area contributed by atoms with Gasteiger partial charge in [0.25, 0.3) is 0 Å². The summed E-state index contributed by atoms with van der Waals surface area (Å²) in [6, 6.07) is 37.7. The van der Waals surface area contributed by atoms with Crippen molar-refractivity contribution in [3.8, 4) is 22.3 Å². The van der Waals surface area contributed by atoms with E-state index >= 15 is 0 Å². The molecule has 0 fully saturated rings. The Labute approximate surface area is 193 Å². The number of hydrogen-bond acceptors (Lipinski definition) is 0. The average molecular weight is 417 g/mol. The third-order valence-corrected chi connectivity index (χ3v) is 6.21. The maximum Gasteiger partial charge on any atom is -0.0150 e. The zero-order valence-corrected chi connectivity index (χ0v) is 19.2. The van der Waals surface area contributed by atoms with E-state index < -0.39 is 0 Å². The largest absolute Gasteiger partial charge is 0.0917 e. The molecule has 0 aliphatic heterocycles. The third kappa shape index (κ3) is 5.65. The fourth-order valence-corrected chi connectivity index (χ4v) is 4.22. The van der Waals surface area contributed by atoms with Gasteiger partial charge in [0.2, 0.25) is 0 Å². The molecule has 32 heavy (non-hydrogen) atoms. The summed E-state index contributed by atoms with van der Waals surface area (Å²) >= 11 is 0. The van der Waals surface area contributed by atoms with E-state index in [1.165, 1.54) is 38.9 Å². The summed E-state index contributed by atoms with van der Waals surface area (Å²) in [4.78, 5) is 0. The van der Waals surface area contributed by atoms with Crippen LogP contribution in [0.15, 0.2) is 115 Å². The third-order valence-electron chi connectivity index (χ3n) is 6.21. The van der Waals surface area contributed by atoms with E-state index in [0.717, 1.165) is 19.3 Å². The first-order valence-electron chi connectivity index (χ1n) is 11.7. The lowest BCUT2D eigenvalue weighted by molar-refractivity contribution is 0.759. The normalized spacial score (nSPS) is 12.2. The average Bonchev–Trinajstić information content (AvgIpc) is 2.86. The summed E-state index contributed by atoms with van der Waals surface area (Å²) in [6.45, 7) is 4.38. The Kier molecular flexibility index (Phi) is 7.35. The van der Waals surface area contributed by atoms with E-state index in [1.54, 1.807) is 0 Å². The molecule has 0 spiro atoms. The van der Waals surface area contributed by atoms with Gasteiger partial charge in [-0.2, -0.15) is 0 Å². The molecule has 0 heterocycles. The van der Waals surface area contributed by atoms with Gasteiger partial charge in [-0.05, 0) is 71.0 Å². The molecule has 4 aromatic rings. The van der Waals surface area contributed by atoms with E-state index in [4.69, 9.17) is 0 Å². The van der Waals surface area contributed by atoms with E-state index in [1.807, 2.05) is 0 Å². The smallest absolute Gasteiger partial charge is 0.0150 e. The molecule has 0 unspecified atom stereocenters. The highest BCUT2D eigenvalue weighted by atomic mass is 14.1. The number of hydrogen-bond donors (Lipinski definition) is 0. The Hall–Kier alpha value is -3.38. The molecule has 0 aliphatic carbocycles. The van der Waals surface area contributed by atoms with Crippen molar-refractivity contribution in [1.29, 1.82) is 0 Å². The van der Waals surface area contributed by atoms with Crippen molar-refractivity contribution in [1.82, 2.24) is 0 Å². The van der Waals surface area contributed by atoms with Gasteiger partial charge in [0.05, 0.1) is 0 Å². The molecular formula is C32H32. The highest BCUT2D eigenvalue weighted by molar-refractivity contribution is 5.70. The van der Waals surface area contributed by atoms with Gasteiger partial charge >= 0.3 is 0 Å². The van der Waals surface area contributed by atoms with Crippen LogP contribution in [0.1, 0.15) is 42.9 Å². The molecular weight excluding hydrogens is 384 g/mol. The van der Waals surface area contributed by atoms with Gasteiger partial charge in [0.1, 0.15) is 0 Å². The van der Waals surface area contributed by atoms with Crippen molar-refractivity contribution in [3.63, 3.8) is 0 Å². The SMILES string of the molecule is CC=CCCc1ccc(-c2ccc(-c3ccc(C[C@H](C)c4ccccc4)cc3)cc2)cc1. The van der Waals surface area contributed by atoms with Crippen LogP contribution in [-0.2, 0) is 12.8 Å². The fraction of sp³-hybridized carbons (Fsp3) is 0.188. The molecule has 0 amide bonds. The zero-order chi connectivity index (χ0) is 22.2. The fourth-order valence-electron chi connectivity index (χ4n) is 4.22. The summed E-state index contributed by atoms with van der Waals surface area (Å²) in [5.74, 6) is 0.524. The predicted molar refractivity (Wildman–Crippen MR) is 139 cm³/mol. The Balaban J connectivity index is 1.40. The second-order valence-corrected chi connectivity index (χ2v) is 8.59. The molecule has 4 rings (SSSR count). The molecule has 0 saturated carbocycles. The topological polar surface area (TPSA) is 0 Å². The standard InChI is InChI=1S/C32H32/c1-3-4-6-9-26-12-16-29(17-13-26)31-20-22-32(23-21-31)30-18-14-27(15-19-30)24-25(2)28-10-7-5-8-11-28/h3-5,7-8,10-23,25H,6,9,24H2,1-2H3/t25-/m0/s1. The molecule has 160 valence electrons. The minimum absolute atomic E-state index is 0.524. The highest BCUT2D eigenvalue weighted by Gasteiger charge is 2.07. The Morgan fingerprint density at radius 2 is 1.06 bits per heavy atom. The van der Waals surface area contributed by atoms with Crippen molar-refractivity contribution < 1.29 is 0 Å². The second-order valence-electron chi connectivity index (χ2n) is 8.59. The number of allylic oxidation sites excluding steroid dienone is 2. The maximum absolute atomic E-state index is 2.30. The molecule has 4 aromatic carbocycles. The molecule has 0 heteroatoms. The molecule has 0 saturated heterocycles. The zero-order valence-electron chi connectivity index (χ0n) is 19.2. The van der Waals surface area contributed by atoms with Crippen LogP contribution in [0, 0.1) is 0 Å². The first kappa shape index (κ1) is 21.8. The first-order valence-corrected chi connectivity index (χ1v) is 11.7. The molecule has 1 atom stereocenters. The van der Waals surface area contributed by atoms with Crippen LogP contribution in [0.3, 0.4) is 0 Å². The van der Waals surface area contributed by atoms with Crippen LogP contribution in [0.4, 0.5) is 0 Å². The molecule has 0 bridgehead atoms. The van der Waals surface area contributed by atoms with Gasteiger partial charge in [0, 0.05) is 0 Å². The summed E-state index contributed by atoms with van der Waals surface area (Å²) < 4.78 is 0. The second kappa shape index (κ2) is 10.8. The monoisotopic (exact) mass is 416 g/mol. The minimum atomic E-state index is 0.524. The van der Waals surface area contributed by atoms with Crippen LogP contribution in [-0.4, -0.2) is 0 Å². The van der Waals surface area contributed by atoms with E-state index in [0.29, 0.717) is 5.92 Å². The van der Waals surface area contributed by atoms with Crippen molar-refractivity contribution in [2.24, 2.45) is 0 Å². The highest BCUT2D eigenvalue weighted by Crippen LogP contribution is 2.27. The van der Waals surface area contributed by atoms with Crippen LogP contribution in [0.25, 0.3) is 22.3 Å². The summed E-state index contributed by atoms with van der Waals surface area (Å²) in [7, 11) is 0. The lowest BCUT2D eigenvalue weighted by atomic mass is 9.92. The maximum atomic E-state index is 2.30. The predicted octanol–water partition coefficient (Wildman–Crippen LogP) is 8.88. The number of aryl methyl sites for hydroxylation is 1. The molecule has 0 aliphatic rings. The van der Waals surface area contributed by atoms with Gasteiger partial charge in [-0.15, -0.1) is 0 Å². The Bertz CT molecular complexity index is 1120. The summed E-state index contributed by atoms with van der Waals surface area (Å²) in [6.07, 6.45) is 7.61. The van der Waals surface area contributed by atoms with Crippen LogP contribution < -0.4 is 0 Å². The summed E-state index contributed by atoms with van der Waals surface area (Å²) in [5, 5.41) is 0. The van der Waals surface area contributed by atoms with Crippen LogP contribution in [0.2, 0.25) is 0 Å². The molecule has 0 N–H and O–H groups in total. The number of benzene rings is 4. The van der Waals surface area contributed by atoms with Gasteiger partial charge in [0.15, 0.2) is 0 Å². The van der Waals surface area contributed by atoms with E-state index in [-0.39, 0.29) is 0 Å². The number of rotatable bonds is 8. The molecule has 0 nitrogen and oxygen atoms in total. The van der Waals surface area contributed by atoms with Gasteiger partial charge in [-0.1, -0.05) is 122 Å². The lowest BCUT2D eigenvalue weighted by Gasteiger charge is -2.12. The van der Waals surface area contributed by atoms with Gasteiger partial charge in [-0.25, -0.2) is 0 Å². The van der Waals surface area contributed by atoms with Crippen LogP contribution in [0.5, 0.6) is 0 Å². The first-order chi connectivity index (χ1) is 15.7. The van der Waals surface area contributed by atoms with E-state index in [2.05, 4.69) is 129 Å². The lowest BCUT2D eigenvalue weighted by Crippen LogP contribution is -1.98. The van der Waals surface area contributed by atoms with E-state index in [9.17, 15) is 0 Å². The minimum Gasteiger partial charge on any atom is -0.0917 e. The van der Waals surface area contributed by atoms with Crippen molar-refractivity contribution in [2.75, 3.05) is 0 Å². The quantitative estimate of drug-likeness (QED) is 0.252. The Morgan fingerprint density at radius 3 is 1.56 bits per heavy atom.